The van der Waals surface area contributed by atoms with Crippen LogP contribution in [0.15, 0.2) is 50.5 Å². The number of carbonyl (C=O) groups is 1. The Morgan fingerprint density at radius 1 is 1.38 bits per heavy atom. The predicted molar refractivity (Wildman–Crippen MR) is 78.5 cm³/mol. The first-order valence-electron chi connectivity index (χ1n) is 6.01. The summed E-state index contributed by atoms with van der Waals surface area (Å²) in [4.78, 5) is 27.3. The maximum atomic E-state index is 12.0. The van der Waals surface area contributed by atoms with Crippen LogP contribution in [0.25, 0.3) is 11.0 Å². The molecule has 106 valence electrons. The zero-order chi connectivity index (χ0) is 15.0. The van der Waals surface area contributed by atoms with Crippen molar-refractivity contribution in [3.8, 4) is 0 Å². The van der Waals surface area contributed by atoms with Crippen molar-refractivity contribution in [2.45, 2.75) is 6.54 Å². The standard InChI is InChI=1S/C14H9BrN2O4/c15-10-5-16-7-17(13(10)18)6-9-8-3-1-2-4-11(8)21-12(9)14(19)20/h1-5,7H,6H2,(H,19,20). The molecule has 0 fully saturated rings. The van der Waals surface area contributed by atoms with Crippen LogP contribution in [0.3, 0.4) is 0 Å². The summed E-state index contributed by atoms with van der Waals surface area (Å²) in [6.45, 7) is 0.0733. The average Bonchev–Trinajstić information content (AvgIpc) is 2.83. The topological polar surface area (TPSA) is 85.3 Å². The molecule has 7 heteroatoms. The molecule has 0 aliphatic carbocycles. The lowest BCUT2D eigenvalue weighted by atomic mass is 10.1. The second-order valence-electron chi connectivity index (χ2n) is 4.39. The number of fused-ring (bicyclic) bond motifs is 1. The maximum absolute atomic E-state index is 12.0. The van der Waals surface area contributed by atoms with Crippen LogP contribution in [-0.2, 0) is 6.54 Å². The molecule has 3 rings (SSSR count). The van der Waals surface area contributed by atoms with Gasteiger partial charge in [-0.2, -0.15) is 0 Å². The van der Waals surface area contributed by atoms with E-state index in [-0.39, 0.29) is 17.9 Å². The number of aromatic carboxylic acids is 1. The van der Waals surface area contributed by atoms with Gasteiger partial charge in [0.05, 0.1) is 12.9 Å². The van der Waals surface area contributed by atoms with Crippen LogP contribution in [0.1, 0.15) is 16.1 Å². The second kappa shape index (κ2) is 5.17. The SMILES string of the molecule is O=C(O)c1oc2ccccc2c1Cn1cncc(Br)c1=O. The number of hydrogen-bond acceptors (Lipinski definition) is 4. The van der Waals surface area contributed by atoms with Gasteiger partial charge in [-0.05, 0) is 22.0 Å². The lowest BCUT2D eigenvalue weighted by Crippen LogP contribution is -2.21. The fourth-order valence-electron chi connectivity index (χ4n) is 2.14. The van der Waals surface area contributed by atoms with Crippen LogP contribution in [0.2, 0.25) is 0 Å². The van der Waals surface area contributed by atoms with E-state index < -0.39 is 5.97 Å². The number of carboxylic acid groups (broad SMARTS) is 1. The molecule has 0 aliphatic heterocycles. The van der Waals surface area contributed by atoms with Gasteiger partial charge in [0.1, 0.15) is 10.1 Å². The van der Waals surface area contributed by atoms with Crippen LogP contribution in [-0.4, -0.2) is 20.6 Å². The minimum absolute atomic E-state index is 0.0733. The van der Waals surface area contributed by atoms with Gasteiger partial charge in [-0.3, -0.25) is 9.36 Å². The molecule has 0 atom stereocenters. The highest BCUT2D eigenvalue weighted by Gasteiger charge is 2.20. The lowest BCUT2D eigenvalue weighted by Gasteiger charge is -2.05. The lowest BCUT2D eigenvalue weighted by molar-refractivity contribution is 0.0663. The first kappa shape index (κ1) is 13.6. The summed E-state index contributed by atoms with van der Waals surface area (Å²) in [6.07, 6.45) is 2.75. The van der Waals surface area contributed by atoms with E-state index in [0.717, 1.165) is 0 Å². The van der Waals surface area contributed by atoms with E-state index in [0.29, 0.717) is 21.0 Å². The number of halogens is 1. The third-order valence-electron chi connectivity index (χ3n) is 3.08. The van der Waals surface area contributed by atoms with Gasteiger partial charge in [0.2, 0.25) is 5.76 Å². The Morgan fingerprint density at radius 2 is 2.14 bits per heavy atom. The first-order valence-corrected chi connectivity index (χ1v) is 6.81. The number of aromatic nitrogens is 2. The van der Waals surface area contributed by atoms with Crippen LogP contribution in [0.4, 0.5) is 0 Å². The summed E-state index contributed by atoms with van der Waals surface area (Å²) in [5.74, 6) is -1.33. The quantitative estimate of drug-likeness (QED) is 0.785. The Hall–Kier alpha value is -2.41. The molecule has 0 aliphatic rings. The molecule has 0 bridgehead atoms. The molecule has 0 unspecified atom stereocenters. The fourth-order valence-corrected chi connectivity index (χ4v) is 2.48. The maximum Gasteiger partial charge on any atom is 0.372 e. The minimum atomic E-state index is -1.17. The molecule has 0 spiro atoms. The van der Waals surface area contributed by atoms with E-state index in [2.05, 4.69) is 20.9 Å². The smallest absolute Gasteiger partial charge is 0.372 e. The van der Waals surface area contributed by atoms with Gasteiger partial charge in [-0.15, -0.1) is 0 Å². The van der Waals surface area contributed by atoms with E-state index in [9.17, 15) is 14.7 Å². The zero-order valence-corrected chi connectivity index (χ0v) is 12.2. The summed E-state index contributed by atoms with van der Waals surface area (Å²) >= 11 is 3.11. The highest BCUT2D eigenvalue weighted by molar-refractivity contribution is 9.10. The van der Waals surface area contributed by atoms with Gasteiger partial charge in [0.15, 0.2) is 0 Å². The van der Waals surface area contributed by atoms with Crippen molar-refractivity contribution < 1.29 is 14.3 Å². The minimum Gasteiger partial charge on any atom is -0.475 e. The summed E-state index contributed by atoms with van der Waals surface area (Å²) < 4.78 is 7.00. The number of benzene rings is 1. The molecule has 2 heterocycles. The summed E-state index contributed by atoms with van der Waals surface area (Å²) in [6, 6.07) is 6.99. The van der Waals surface area contributed by atoms with Crippen molar-refractivity contribution >= 4 is 32.9 Å². The van der Waals surface area contributed by atoms with E-state index in [4.69, 9.17) is 4.42 Å². The first-order chi connectivity index (χ1) is 10.1. The highest BCUT2D eigenvalue weighted by atomic mass is 79.9. The van der Waals surface area contributed by atoms with Gasteiger partial charge in [0, 0.05) is 17.1 Å². The molecule has 0 amide bonds. The van der Waals surface area contributed by atoms with E-state index in [1.54, 1.807) is 24.3 Å². The molecule has 0 saturated heterocycles. The number of nitrogens with zero attached hydrogens (tertiary/aromatic N) is 2. The normalized spacial score (nSPS) is 10.9. The average molecular weight is 349 g/mol. The van der Waals surface area contributed by atoms with Gasteiger partial charge in [-0.25, -0.2) is 9.78 Å². The molecular formula is C14H9BrN2O4. The molecular weight excluding hydrogens is 340 g/mol. The molecule has 0 saturated carbocycles. The molecule has 2 aromatic heterocycles. The van der Waals surface area contributed by atoms with E-state index >= 15 is 0 Å². The Bertz CT molecular complexity index is 897. The van der Waals surface area contributed by atoms with E-state index in [1.807, 2.05) is 0 Å². The van der Waals surface area contributed by atoms with Crippen molar-refractivity contribution in [1.82, 2.24) is 9.55 Å². The van der Waals surface area contributed by atoms with Crippen molar-refractivity contribution in [3.63, 3.8) is 0 Å². The Labute approximate surface area is 126 Å². The molecule has 6 nitrogen and oxygen atoms in total. The van der Waals surface area contributed by atoms with Crippen LogP contribution < -0.4 is 5.56 Å². The van der Waals surface area contributed by atoms with Crippen molar-refractivity contribution in [1.29, 1.82) is 0 Å². The number of rotatable bonds is 3. The third kappa shape index (κ3) is 2.36. The molecule has 1 N–H and O–H groups in total. The summed E-state index contributed by atoms with van der Waals surface area (Å²) in [7, 11) is 0. The number of furan rings is 1. The summed E-state index contributed by atoms with van der Waals surface area (Å²) in [5, 5.41) is 9.93. The fraction of sp³-hybridized carbons (Fsp3) is 0.0714. The Kier molecular flexibility index (Phi) is 3.34. The zero-order valence-electron chi connectivity index (χ0n) is 10.6. The van der Waals surface area contributed by atoms with Gasteiger partial charge in [-0.1, -0.05) is 18.2 Å². The van der Waals surface area contributed by atoms with Crippen LogP contribution in [0, 0.1) is 0 Å². The van der Waals surface area contributed by atoms with Crippen molar-refractivity contribution in [2.24, 2.45) is 0 Å². The Balaban J connectivity index is 2.19. The predicted octanol–water partition coefficient (Wildman–Crippen LogP) is 2.50. The third-order valence-corrected chi connectivity index (χ3v) is 3.62. The Morgan fingerprint density at radius 3 is 2.90 bits per heavy atom. The van der Waals surface area contributed by atoms with Gasteiger partial charge in [0.25, 0.3) is 5.56 Å². The molecule has 0 radical (unpaired) electrons. The monoisotopic (exact) mass is 348 g/mol. The second-order valence-corrected chi connectivity index (χ2v) is 5.24. The molecule has 1 aromatic carbocycles. The largest absolute Gasteiger partial charge is 0.475 e. The molecule has 21 heavy (non-hydrogen) atoms. The van der Waals surface area contributed by atoms with Crippen LogP contribution >= 0.6 is 15.9 Å². The van der Waals surface area contributed by atoms with Gasteiger partial charge >= 0.3 is 5.97 Å². The van der Waals surface area contributed by atoms with Crippen LogP contribution in [0.5, 0.6) is 0 Å². The van der Waals surface area contributed by atoms with Crippen molar-refractivity contribution in [3.05, 3.63) is 62.9 Å². The number of para-hydroxylation sites is 1. The van der Waals surface area contributed by atoms with E-state index in [1.165, 1.54) is 17.1 Å². The summed E-state index contributed by atoms with van der Waals surface area (Å²) in [5.41, 5.74) is 0.632. The highest BCUT2D eigenvalue weighted by Crippen LogP contribution is 2.26. The van der Waals surface area contributed by atoms with Gasteiger partial charge < -0.3 is 9.52 Å². The van der Waals surface area contributed by atoms with Crippen molar-refractivity contribution in [2.75, 3.05) is 0 Å². The molecule has 3 aromatic rings. The number of carboxylic acids is 1. The number of hydrogen-bond donors (Lipinski definition) is 1.